The number of carbonyl (C=O) groups excluding carboxylic acids is 1. The smallest absolute Gasteiger partial charge is 0.344 e. The van der Waals surface area contributed by atoms with Crippen LogP contribution in [0.2, 0.25) is 0 Å². The van der Waals surface area contributed by atoms with Gasteiger partial charge in [0.05, 0.1) is 0 Å². The molecule has 0 saturated carbocycles. The van der Waals surface area contributed by atoms with Crippen molar-refractivity contribution >= 4 is 5.97 Å². The minimum atomic E-state index is -0.489. The van der Waals surface area contributed by atoms with Gasteiger partial charge in [-0.15, -0.1) is 0 Å². The topological polar surface area (TPSA) is 61.6 Å². The summed E-state index contributed by atoms with van der Waals surface area (Å²) in [6.07, 6.45) is 3.39. The van der Waals surface area contributed by atoms with Gasteiger partial charge in [-0.3, -0.25) is 0 Å². The van der Waals surface area contributed by atoms with Gasteiger partial charge in [0.2, 0.25) is 0 Å². The van der Waals surface area contributed by atoms with E-state index in [-0.39, 0.29) is 5.97 Å². The fraction of sp³-hybridized carbons (Fsp3) is 0.714. The maximum Gasteiger partial charge on any atom is 0.344 e. The van der Waals surface area contributed by atoms with Gasteiger partial charge in [-0.05, 0) is 32.6 Å². The predicted octanol–water partition coefficient (Wildman–Crippen LogP) is 2.14. The minimum Gasteiger partial charge on any atom is -0.456 e. The Morgan fingerprint density at radius 1 is 1.32 bits per heavy atom. The van der Waals surface area contributed by atoms with Gasteiger partial charge in [0.25, 0.3) is 0 Å². The SMILES string of the molecule is CC1(C)Cc2noc(CC3CCOCC3)c2C(=O)O1. The molecule has 0 bridgehead atoms. The average molecular weight is 265 g/mol. The van der Waals surface area contributed by atoms with E-state index < -0.39 is 5.60 Å². The number of carbonyl (C=O) groups is 1. The summed E-state index contributed by atoms with van der Waals surface area (Å²) in [5.41, 5.74) is 0.811. The van der Waals surface area contributed by atoms with Crippen LogP contribution in [0.4, 0.5) is 0 Å². The normalized spacial score (nSPS) is 22.9. The molecule has 1 aromatic rings. The summed E-state index contributed by atoms with van der Waals surface area (Å²) < 4.78 is 16.2. The van der Waals surface area contributed by atoms with E-state index in [2.05, 4.69) is 5.16 Å². The molecule has 0 amide bonds. The summed E-state index contributed by atoms with van der Waals surface area (Å²) >= 11 is 0. The first kappa shape index (κ1) is 12.7. The molecule has 104 valence electrons. The van der Waals surface area contributed by atoms with Crippen LogP contribution in [0.3, 0.4) is 0 Å². The third kappa shape index (κ3) is 2.52. The van der Waals surface area contributed by atoms with Crippen LogP contribution in [0.5, 0.6) is 0 Å². The van der Waals surface area contributed by atoms with Crippen molar-refractivity contribution in [1.29, 1.82) is 0 Å². The molecular weight excluding hydrogens is 246 g/mol. The molecule has 19 heavy (non-hydrogen) atoms. The Kier molecular flexibility index (Phi) is 3.09. The maximum absolute atomic E-state index is 12.1. The second-order valence-corrected chi connectivity index (χ2v) is 6.01. The van der Waals surface area contributed by atoms with Crippen molar-refractivity contribution in [2.75, 3.05) is 13.2 Å². The molecule has 0 aliphatic carbocycles. The number of hydrogen-bond acceptors (Lipinski definition) is 5. The average Bonchev–Trinajstić information content (AvgIpc) is 2.72. The molecule has 1 aromatic heterocycles. The zero-order valence-corrected chi connectivity index (χ0v) is 11.4. The molecule has 2 aliphatic heterocycles. The van der Waals surface area contributed by atoms with Gasteiger partial charge in [0.1, 0.15) is 16.9 Å². The van der Waals surface area contributed by atoms with Gasteiger partial charge in [-0.25, -0.2) is 4.79 Å². The highest BCUT2D eigenvalue weighted by Crippen LogP contribution is 2.31. The molecule has 5 heteroatoms. The number of ether oxygens (including phenoxy) is 2. The zero-order chi connectivity index (χ0) is 13.5. The number of fused-ring (bicyclic) bond motifs is 1. The summed E-state index contributed by atoms with van der Waals surface area (Å²) in [5.74, 6) is 0.894. The highest BCUT2D eigenvalue weighted by atomic mass is 16.6. The van der Waals surface area contributed by atoms with Crippen molar-refractivity contribution in [3.05, 3.63) is 17.0 Å². The first-order valence-corrected chi connectivity index (χ1v) is 6.84. The molecule has 1 fully saturated rings. The van der Waals surface area contributed by atoms with E-state index in [1.807, 2.05) is 13.8 Å². The lowest BCUT2D eigenvalue weighted by Gasteiger charge is -2.28. The first-order chi connectivity index (χ1) is 9.05. The molecule has 3 heterocycles. The first-order valence-electron chi connectivity index (χ1n) is 6.84. The molecule has 5 nitrogen and oxygen atoms in total. The van der Waals surface area contributed by atoms with Crippen LogP contribution in [-0.4, -0.2) is 29.9 Å². The van der Waals surface area contributed by atoms with Crippen molar-refractivity contribution < 1.29 is 18.8 Å². The number of rotatable bonds is 2. The molecule has 2 aliphatic rings. The molecule has 3 rings (SSSR count). The summed E-state index contributed by atoms with van der Waals surface area (Å²) in [5, 5.41) is 4.06. The van der Waals surface area contributed by atoms with Gasteiger partial charge >= 0.3 is 5.97 Å². The van der Waals surface area contributed by atoms with Crippen LogP contribution in [0.25, 0.3) is 0 Å². The van der Waals surface area contributed by atoms with Crippen molar-refractivity contribution in [1.82, 2.24) is 5.16 Å². The lowest BCUT2D eigenvalue weighted by molar-refractivity contribution is -0.00705. The number of hydrogen-bond donors (Lipinski definition) is 0. The second-order valence-electron chi connectivity index (χ2n) is 6.01. The highest BCUT2D eigenvalue weighted by molar-refractivity contribution is 5.93. The number of esters is 1. The highest BCUT2D eigenvalue weighted by Gasteiger charge is 2.38. The van der Waals surface area contributed by atoms with Crippen LogP contribution in [-0.2, 0) is 22.3 Å². The third-order valence-corrected chi connectivity index (χ3v) is 3.81. The van der Waals surface area contributed by atoms with Gasteiger partial charge < -0.3 is 14.0 Å². The van der Waals surface area contributed by atoms with E-state index in [1.165, 1.54) is 0 Å². The lowest BCUT2D eigenvalue weighted by atomic mass is 9.91. The Hall–Kier alpha value is -1.36. The van der Waals surface area contributed by atoms with E-state index in [0.717, 1.165) is 38.2 Å². The largest absolute Gasteiger partial charge is 0.456 e. The van der Waals surface area contributed by atoms with Crippen LogP contribution in [0, 0.1) is 5.92 Å². The summed E-state index contributed by atoms with van der Waals surface area (Å²) in [6.45, 7) is 5.36. The van der Waals surface area contributed by atoms with Crippen LogP contribution >= 0.6 is 0 Å². The standard InChI is InChI=1S/C14H19NO4/c1-14(2)8-10-12(13(16)18-14)11(19-15-10)7-9-3-5-17-6-4-9/h9H,3-8H2,1-2H3. The van der Waals surface area contributed by atoms with E-state index in [9.17, 15) is 4.79 Å². The van der Waals surface area contributed by atoms with Gasteiger partial charge in [0.15, 0.2) is 5.76 Å². The predicted molar refractivity (Wildman–Crippen MR) is 66.9 cm³/mol. The summed E-state index contributed by atoms with van der Waals surface area (Å²) in [6, 6.07) is 0. The minimum absolute atomic E-state index is 0.297. The lowest BCUT2D eigenvalue weighted by Crippen LogP contribution is -2.36. The fourth-order valence-corrected chi connectivity index (χ4v) is 2.81. The van der Waals surface area contributed by atoms with Crippen molar-refractivity contribution in [2.45, 2.75) is 45.1 Å². The molecule has 1 saturated heterocycles. The molecular formula is C14H19NO4. The van der Waals surface area contributed by atoms with Crippen molar-refractivity contribution in [2.24, 2.45) is 5.92 Å². The molecule has 0 N–H and O–H groups in total. The Bertz CT molecular complexity index is 486. The molecule has 0 radical (unpaired) electrons. The van der Waals surface area contributed by atoms with Crippen LogP contribution in [0.1, 0.15) is 48.5 Å². The third-order valence-electron chi connectivity index (χ3n) is 3.81. The fourth-order valence-electron chi connectivity index (χ4n) is 2.81. The molecule has 0 spiro atoms. The Balaban J connectivity index is 1.81. The van der Waals surface area contributed by atoms with E-state index in [1.54, 1.807) is 0 Å². The van der Waals surface area contributed by atoms with E-state index >= 15 is 0 Å². The second kappa shape index (κ2) is 4.63. The molecule has 0 aromatic carbocycles. The maximum atomic E-state index is 12.1. The molecule has 0 unspecified atom stereocenters. The van der Waals surface area contributed by atoms with Crippen molar-refractivity contribution in [3.8, 4) is 0 Å². The quantitative estimate of drug-likeness (QED) is 0.767. The Morgan fingerprint density at radius 3 is 2.79 bits per heavy atom. The van der Waals surface area contributed by atoms with Crippen LogP contribution < -0.4 is 0 Å². The number of aromatic nitrogens is 1. The summed E-state index contributed by atoms with van der Waals surface area (Å²) in [4.78, 5) is 12.1. The van der Waals surface area contributed by atoms with E-state index in [0.29, 0.717) is 23.7 Å². The van der Waals surface area contributed by atoms with E-state index in [4.69, 9.17) is 14.0 Å². The zero-order valence-electron chi connectivity index (χ0n) is 11.4. The van der Waals surface area contributed by atoms with Crippen LogP contribution in [0.15, 0.2) is 4.52 Å². The van der Waals surface area contributed by atoms with Gasteiger partial charge in [-0.1, -0.05) is 5.16 Å². The number of cyclic esters (lactones) is 1. The van der Waals surface area contributed by atoms with Gasteiger partial charge in [0, 0.05) is 26.1 Å². The van der Waals surface area contributed by atoms with Crippen molar-refractivity contribution in [3.63, 3.8) is 0 Å². The van der Waals surface area contributed by atoms with Gasteiger partial charge in [-0.2, -0.15) is 0 Å². The summed E-state index contributed by atoms with van der Waals surface area (Å²) in [7, 11) is 0. The Labute approximate surface area is 112 Å². The monoisotopic (exact) mass is 265 g/mol. The Morgan fingerprint density at radius 2 is 2.05 bits per heavy atom. The number of nitrogens with zero attached hydrogens (tertiary/aromatic N) is 1. The molecule has 0 atom stereocenters.